The summed E-state index contributed by atoms with van der Waals surface area (Å²) in [5.41, 5.74) is 3.70. The molecule has 7 heteroatoms. The Labute approximate surface area is 161 Å². The molecule has 0 radical (unpaired) electrons. The lowest BCUT2D eigenvalue weighted by molar-refractivity contribution is -0.115. The van der Waals surface area contributed by atoms with Crippen LogP contribution in [0.25, 0.3) is 11.4 Å². The summed E-state index contributed by atoms with van der Waals surface area (Å²) in [6, 6.07) is 13.5. The van der Waals surface area contributed by atoms with Crippen molar-refractivity contribution in [3.05, 3.63) is 58.6 Å². The molecular formula is C19H19ClN4OS. The lowest BCUT2D eigenvalue weighted by atomic mass is 10.1. The van der Waals surface area contributed by atoms with E-state index in [1.807, 2.05) is 57.2 Å². The largest absolute Gasteiger partial charge is 0.325 e. The molecule has 2 N–H and O–H groups in total. The Bertz CT molecular complexity index is 924. The van der Waals surface area contributed by atoms with Crippen LogP contribution in [-0.2, 0) is 4.79 Å². The smallest absolute Gasteiger partial charge is 0.237 e. The normalized spacial score (nSPS) is 12.0. The molecule has 0 spiro atoms. The van der Waals surface area contributed by atoms with Crippen molar-refractivity contribution in [1.82, 2.24) is 15.2 Å². The van der Waals surface area contributed by atoms with Gasteiger partial charge in [-0.25, -0.2) is 4.98 Å². The Morgan fingerprint density at radius 1 is 1.19 bits per heavy atom. The zero-order valence-corrected chi connectivity index (χ0v) is 16.3. The SMILES string of the molecule is Cc1ccc(-c2nc(SC(C)C(=O)Nc3cccc(Cl)c3C)n[nH]2)cc1. The lowest BCUT2D eigenvalue weighted by Gasteiger charge is -2.12. The van der Waals surface area contributed by atoms with Crippen molar-refractivity contribution in [2.45, 2.75) is 31.2 Å². The minimum absolute atomic E-state index is 0.123. The summed E-state index contributed by atoms with van der Waals surface area (Å²) in [6.07, 6.45) is 0. The number of hydrogen-bond acceptors (Lipinski definition) is 4. The average Bonchev–Trinajstić information content (AvgIpc) is 3.08. The quantitative estimate of drug-likeness (QED) is 0.614. The van der Waals surface area contributed by atoms with Crippen LogP contribution in [0, 0.1) is 13.8 Å². The molecule has 5 nitrogen and oxygen atoms in total. The van der Waals surface area contributed by atoms with Crippen LogP contribution in [0.1, 0.15) is 18.1 Å². The van der Waals surface area contributed by atoms with E-state index in [0.717, 1.165) is 11.1 Å². The van der Waals surface area contributed by atoms with Gasteiger partial charge in [0.05, 0.1) is 5.25 Å². The molecule has 1 unspecified atom stereocenters. The van der Waals surface area contributed by atoms with Gasteiger partial charge in [0, 0.05) is 16.3 Å². The Kier molecular flexibility index (Phi) is 5.64. The third-order valence-electron chi connectivity index (χ3n) is 3.97. The van der Waals surface area contributed by atoms with Gasteiger partial charge in [-0.3, -0.25) is 9.89 Å². The molecule has 3 aromatic rings. The molecule has 0 saturated carbocycles. The number of aromatic amines is 1. The van der Waals surface area contributed by atoms with E-state index in [0.29, 0.717) is 21.7 Å². The zero-order chi connectivity index (χ0) is 18.7. The molecule has 1 heterocycles. The Balaban J connectivity index is 1.66. The van der Waals surface area contributed by atoms with Crippen LogP contribution in [0.15, 0.2) is 47.6 Å². The topological polar surface area (TPSA) is 70.7 Å². The number of amides is 1. The van der Waals surface area contributed by atoms with Gasteiger partial charge in [0.15, 0.2) is 5.82 Å². The van der Waals surface area contributed by atoms with Crippen LogP contribution in [0.5, 0.6) is 0 Å². The first kappa shape index (κ1) is 18.5. The number of nitrogens with one attached hydrogen (secondary N) is 2. The molecule has 0 fully saturated rings. The second kappa shape index (κ2) is 7.93. The molecule has 1 atom stereocenters. The van der Waals surface area contributed by atoms with Gasteiger partial charge < -0.3 is 5.32 Å². The average molecular weight is 387 g/mol. The van der Waals surface area contributed by atoms with E-state index in [1.54, 1.807) is 6.07 Å². The van der Waals surface area contributed by atoms with Crippen LogP contribution >= 0.6 is 23.4 Å². The van der Waals surface area contributed by atoms with Crippen molar-refractivity contribution >= 4 is 35.0 Å². The van der Waals surface area contributed by atoms with Crippen LogP contribution < -0.4 is 5.32 Å². The van der Waals surface area contributed by atoms with Crippen LogP contribution in [0.2, 0.25) is 5.02 Å². The standard InChI is InChI=1S/C19H19ClN4OS/c1-11-7-9-14(10-8-11)17-22-19(24-23-17)26-13(3)18(25)21-16-6-4-5-15(20)12(16)2/h4-10,13H,1-3H3,(H,21,25)(H,22,23,24). The molecule has 1 aromatic heterocycles. The number of anilines is 1. The van der Waals surface area contributed by atoms with Crippen molar-refractivity contribution < 1.29 is 4.79 Å². The number of carbonyl (C=O) groups excluding carboxylic acids is 1. The molecular weight excluding hydrogens is 368 g/mol. The Hall–Kier alpha value is -2.31. The van der Waals surface area contributed by atoms with Crippen molar-refractivity contribution in [2.24, 2.45) is 0 Å². The molecule has 0 aliphatic rings. The highest BCUT2D eigenvalue weighted by atomic mass is 35.5. The van der Waals surface area contributed by atoms with Crippen LogP contribution in [0.4, 0.5) is 5.69 Å². The summed E-state index contributed by atoms with van der Waals surface area (Å²) in [5, 5.41) is 10.8. The van der Waals surface area contributed by atoms with Gasteiger partial charge in [0.25, 0.3) is 0 Å². The predicted octanol–water partition coefficient (Wildman–Crippen LogP) is 4.86. The first-order valence-corrected chi connectivity index (χ1v) is 9.42. The van der Waals surface area contributed by atoms with Gasteiger partial charge in [-0.05, 0) is 38.5 Å². The zero-order valence-electron chi connectivity index (χ0n) is 14.7. The van der Waals surface area contributed by atoms with Gasteiger partial charge in [-0.1, -0.05) is 59.3 Å². The van der Waals surface area contributed by atoms with Gasteiger partial charge in [-0.2, -0.15) is 0 Å². The molecule has 0 bridgehead atoms. The van der Waals surface area contributed by atoms with E-state index in [1.165, 1.54) is 17.3 Å². The second-order valence-electron chi connectivity index (χ2n) is 5.99. The molecule has 0 aliphatic heterocycles. The molecule has 134 valence electrons. The van der Waals surface area contributed by atoms with E-state index in [9.17, 15) is 4.79 Å². The second-order valence-corrected chi connectivity index (χ2v) is 7.71. The lowest BCUT2D eigenvalue weighted by Crippen LogP contribution is -2.23. The number of benzene rings is 2. The minimum atomic E-state index is -0.352. The number of hydrogen-bond donors (Lipinski definition) is 2. The molecule has 0 saturated heterocycles. The van der Waals surface area contributed by atoms with E-state index in [2.05, 4.69) is 20.5 Å². The van der Waals surface area contributed by atoms with E-state index < -0.39 is 0 Å². The third kappa shape index (κ3) is 4.26. The third-order valence-corrected chi connectivity index (χ3v) is 5.34. The summed E-state index contributed by atoms with van der Waals surface area (Å²) < 4.78 is 0. The van der Waals surface area contributed by atoms with Crippen LogP contribution in [0.3, 0.4) is 0 Å². The van der Waals surface area contributed by atoms with Gasteiger partial charge in [0.2, 0.25) is 11.1 Å². The fourth-order valence-corrected chi connectivity index (χ4v) is 3.23. The van der Waals surface area contributed by atoms with E-state index >= 15 is 0 Å². The monoisotopic (exact) mass is 386 g/mol. The first-order chi connectivity index (χ1) is 12.4. The number of carbonyl (C=O) groups is 1. The summed E-state index contributed by atoms with van der Waals surface area (Å²) >= 11 is 7.40. The molecule has 26 heavy (non-hydrogen) atoms. The maximum atomic E-state index is 12.5. The number of aromatic nitrogens is 3. The van der Waals surface area contributed by atoms with Crippen molar-refractivity contribution in [1.29, 1.82) is 0 Å². The molecule has 2 aromatic carbocycles. The number of aryl methyl sites for hydroxylation is 1. The molecule has 0 aliphatic carbocycles. The van der Waals surface area contributed by atoms with Gasteiger partial charge >= 0.3 is 0 Å². The van der Waals surface area contributed by atoms with E-state index in [4.69, 9.17) is 11.6 Å². The van der Waals surface area contributed by atoms with Crippen LogP contribution in [-0.4, -0.2) is 26.3 Å². The maximum absolute atomic E-state index is 12.5. The Morgan fingerprint density at radius 3 is 2.65 bits per heavy atom. The predicted molar refractivity (Wildman–Crippen MR) is 107 cm³/mol. The fraction of sp³-hybridized carbons (Fsp3) is 0.211. The summed E-state index contributed by atoms with van der Waals surface area (Å²) in [4.78, 5) is 16.9. The number of H-pyrrole nitrogens is 1. The highest BCUT2D eigenvalue weighted by Crippen LogP contribution is 2.26. The number of nitrogens with zero attached hydrogens (tertiary/aromatic N) is 2. The fourth-order valence-electron chi connectivity index (χ4n) is 2.33. The van der Waals surface area contributed by atoms with Crippen molar-refractivity contribution in [2.75, 3.05) is 5.32 Å². The number of rotatable bonds is 5. The van der Waals surface area contributed by atoms with Gasteiger partial charge in [0.1, 0.15) is 0 Å². The van der Waals surface area contributed by atoms with Gasteiger partial charge in [-0.15, -0.1) is 5.10 Å². The summed E-state index contributed by atoms with van der Waals surface area (Å²) in [6.45, 7) is 5.73. The maximum Gasteiger partial charge on any atom is 0.237 e. The summed E-state index contributed by atoms with van der Waals surface area (Å²) in [7, 11) is 0. The van der Waals surface area contributed by atoms with E-state index in [-0.39, 0.29) is 11.2 Å². The van der Waals surface area contributed by atoms with Crippen molar-refractivity contribution in [3.8, 4) is 11.4 Å². The summed E-state index contributed by atoms with van der Waals surface area (Å²) in [5.74, 6) is 0.563. The van der Waals surface area contributed by atoms with Crippen molar-refractivity contribution in [3.63, 3.8) is 0 Å². The minimum Gasteiger partial charge on any atom is -0.325 e. The number of halogens is 1. The highest BCUT2D eigenvalue weighted by Gasteiger charge is 2.18. The molecule has 3 rings (SSSR count). The molecule has 1 amide bonds. The first-order valence-electron chi connectivity index (χ1n) is 8.16. The Morgan fingerprint density at radius 2 is 1.92 bits per heavy atom. The highest BCUT2D eigenvalue weighted by molar-refractivity contribution is 8.00. The number of thioether (sulfide) groups is 1.